The average Bonchev–Trinajstić information content (AvgIpc) is 2.18. The fourth-order valence-corrected chi connectivity index (χ4v) is 1.59. The number of nitrogens with one attached hydrogen (secondary N) is 1. The highest BCUT2D eigenvalue weighted by atomic mass is 79.9. The number of ether oxygens (including phenoxy) is 1. The van der Waals surface area contributed by atoms with Crippen LogP contribution in [0, 0.1) is 4.91 Å². The van der Waals surface area contributed by atoms with E-state index in [0.29, 0.717) is 11.4 Å². The molecule has 0 bridgehead atoms. The number of hydrogen-bond donors (Lipinski definition) is 1. The Labute approximate surface area is 94.9 Å². The zero-order chi connectivity index (χ0) is 11.3. The maximum absolute atomic E-state index is 11.1. The lowest BCUT2D eigenvalue weighted by atomic mass is 10.3. The minimum absolute atomic E-state index is 0.407. The summed E-state index contributed by atoms with van der Waals surface area (Å²) in [7, 11) is 1.49. The topological polar surface area (TPSA) is 67.8 Å². The molecule has 0 unspecified atom stereocenters. The van der Waals surface area contributed by atoms with Gasteiger partial charge in [0.15, 0.2) is 12.3 Å². The van der Waals surface area contributed by atoms with Crippen molar-refractivity contribution >= 4 is 27.5 Å². The number of nitroso groups, excluding NO2 is 1. The van der Waals surface area contributed by atoms with Crippen LogP contribution in [-0.2, 0) is 4.79 Å². The van der Waals surface area contributed by atoms with Gasteiger partial charge < -0.3 is 10.1 Å². The number of anilines is 1. The van der Waals surface area contributed by atoms with E-state index >= 15 is 0 Å². The lowest BCUT2D eigenvalue weighted by Gasteiger charge is -2.10. The monoisotopic (exact) mass is 272 g/mol. The van der Waals surface area contributed by atoms with Gasteiger partial charge in [-0.3, -0.25) is 4.79 Å². The van der Waals surface area contributed by atoms with Crippen molar-refractivity contribution in [2.45, 2.75) is 0 Å². The Balaban J connectivity index is 2.89. The van der Waals surface area contributed by atoms with Crippen LogP contribution in [0.1, 0.15) is 0 Å². The maximum Gasteiger partial charge on any atom is 0.249 e. The SMILES string of the molecule is COc1c(Br)cccc1NC(=O)CN=O. The molecule has 5 nitrogen and oxygen atoms in total. The zero-order valence-electron chi connectivity index (χ0n) is 7.99. The number of rotatable bonds is 4. The molecule has 0 fully saturated rings. The first-order chi connectivity index (χ1) is 7.19. The van der Waals surface area contributed by atoms with E-state index in [-0.39, 0.29) is 0 Å². The van der Waals surface area contributed by atoms with Crippen molar-refractivity contribution in [1.82, 2.24) is 0 Å². The molecule has 0 heterocycles. The van der Waals surface area contributed by atoms with Gasteiger partial charge in [0.1, 0.15) is 0 Å². The molecule has 1 aromatic carbocycles. The molecule has 0 atom stereocenters. The fraction of sp³-hybridized carbons (Fsp3) is 0.222. The Morgan fingerprint density at radius 1 is 1.60 bits per heavy atom. The summed E-state index contributed by atoms with van der Waals surface area (Å²) in [4.78, 5) is 21.0. The van der Waals surface area contributed by atoms with E-state index in [0.717, 1.165) is 4.47 Å². The third kappa shape index (κ3) is 3.02. The fourth-order valence-electron chi connectivity index (χ4n) is 1.06. The van der Waals surface area contributed by atoms with Crippen LogP contribution in [0.4, 0.5) is 5.69 Å². The van der Waals surface area contributed by atoms with Crippen LogP contribution >= 0.6 is 15.9 Å². The molecule has 0 saturated heterocycles. The second kappa shape index (κ2) is 5.45. The molecule has 1 aromatic rings. The Morgan fingerprint density at radius 2 is 2.33 bits per heavy atom. The minimum atomic E-state index is -0.471. The van der Waals surface area contributed by atoms with Crippen molar-refractivity contribution in [3.8, 4) is 5.75 Å². The summed E-state index contributed by atoms with van der Waals surface area (Å²) in [5, 5.41) is 5.01. The van der Waals surface area contributed by atoms with Gasteiger partial charge in [-0.1, -0.05) is 11.2 Å². The summed E-state index contributed by atoms with van der Waals surface area (Å²) in [6, 6.07) is 5.20. The van der Waals surface area contributed by atoms with Crippen molar-refractivity contribution < 1.29 is 9.53 Å². The number of carbonyl (C=O) groups excluding carboxylic acids is 1. The molecule has 1 N–H and O–H groups in total. The molecule has 6 heteroatoms. The quantitative estimate of drug-likeness (QED) is 0.855. The molecule has 0 saturated carbocycles. The van der Waals surface area contributed by atoms with Crippen molar-refractivity contribution in [2.75, 3.05) is 19.0 Å². The number of carbonyl (C=O) groups is 1. The lowest BCUT2D eigenvalue weighted by molar-refractivity contribution is -0.114. The van der Waals surface area contributed by atoms with Crippen LogP contribution in [0.25, 0.3) is 0 Å². The van der Waals surface area contributed by atoms with Gasteiger partial charge in [-0.2, -0.15) is 4.91 Å². The highest BCUT2D eigenvalue weighted by Crippen LogP contribution is 2.32. The van der Waals surface area contributed by atoms with Gasteiger partial charge in [0.05, 0.1) is 17.3 Å². The van der Waals surface area contributed by atoms with Crippen molar-refractivity contribution in [3.63, 3.8) is 0 Å². The third-order valence-corrected chi connectivity index (χ3v) is 2.28. The van der Waals surface area contributed by atoms with E-state index in [1.165, 1.54) is 7.11 Å². The summed E-state index contributed by atoms with van der Waals surface area (Å²) in [6.45, 7) is -0.407. The minimum Gasteiger partial charge on any atom is -0.493 e. The first-order valence-electron chi connectivity index (χ1n) is 4.10. The highest BCUT2D eigenvalue weighted by molar-refractivity contribution is 9.10. The first kappa shape index (κ1) is 11.6. The van der Waals surface area contributed by atoms with Crippen LogP contribution in [0.15, 0.2) is 27.8 Å². The normalized spacial score (nSPS) is 9.47. The molecule has 15 heavy (non-hydrogen) atoms. The van der Waals surface area contributed by atoms with Gasteiger partial charge in [0, 0.05) is 0 Å². The van der Waals surface area contributed by atoms with Gasteiger partial charge >= 0.3 is 0 Å². The van der Waals surface area contributed by atoms with E-state index in [9.17, 15) is 9.70 Å². The van der Waals surface area contributed by atoms with Gasteiger partial charge in [-0.15, -0.1) is 0 Å². The van der Waals surface area contributed by atoms with E-state index in [1.807, 2.05) is 0 Å². The summed E-state index contributed by atoms with van der Waals surface area (Å²) in [5.74, 6) is 0.0400. The van der Waals surface area contributed by atoms with Crippen LogP contribution in [0.2, 0.25) is 0 Å². The van der Waals surface area contributed by atoms with Crippen LogP contribution < -0.4 is 10.1 Å². The molecule has 0 aliphatic carbocycles. The number of amides is 1. The van der Waals surface area contributed by atoms with E-state index < -0.39 is 12.5 Å². The summed E-state index contributed by atoms with van der Waals surface area (Å²) in [5.41, 5.74) is 0.500. The van der Waals surface area contributed by atoms with E-state index in [1.54, 1.807) is 18.2 Å². The molecule has 0 aliphatic rings. The predicted molar refractivity (Wildman–Crippen MR) is 60.0 cm³/mol. The zero-order valence-corrected chi connectivity index (χ0v) is 9.58. The largest absolute Gasteiger partial charge is 0.493 e. The number of halogens is 1. The number of methoxy groups -OCH3 is 1. The van der Waals surface area contributed by atoms with Gasteiger partial charge in [0.2, 0.25) is 5.91 Å². The summed E-state index contributed by atoms with van der Waals surface area (Å²) >= 11 is 3.27. The number of hydrogen-bond acceptors (Lipinski definition) is 4. The Hall–Kier alpha value is -1.43. The predicted octanol–water partition coefficient (Wildman–Crippen LogP) is 2.16. The highest BCUT2D eigenvalue weighted by Gasteiger charge is 2.09. The molecule has 1 amide bonds. The Morgan fingerprint density at radius 3 is 2.93 bits per heavy atom. The van der Waals surface area contributed by atoms with Crippen LogP contribution in [0.5, 0.6) is 5.75 Å². The second-order valence-electron chi connectivity index (χ2n) is 2.66. The number of para-hydroxylation sites is 1. The average molecular weight is 273 g/mol. The molecule has 0 aromatic heterocycles. The Kier molecular flexibility index (Phi) is 4.23. The molecule has 0 radical (unpaired) electrons. The molecule has 1 rings (SSSR count). The number of nitrogens with zero attached hydrogens (tertiary/aromatic N) is 1. The molecular weight excluding hydrogens is 264 g/mol. The standard InChI is InChI=1S/C9H9BrN2O3/c1-15-9-6(10)3-2-4-7(9)12-8(13)5-11-14/h2-4H,5H2,1H3,(H,12,13). The molecule has 80 valence electrons. The number of benzene rings is 1. The van der Waals surface area contributed by atoms with E-state index in [2.05, 4.69) is 26.4 Å². The summed E-state index contributed by atoms with van der Waals surface area (Å²) in [6.07, 6.45) is 0. The Bertz CT molecular complexity index is 382. The van der Waals surface area contributed by atoms with Gasteiger partial charge in [-0.05, 0) is 28.1 Å². The van der Waals surface area contributed by atoms with Crippen LogP contribution in [-0.4, -0.2) is 19.6 Å². The summed E-state index contributed by atoms with van der Waals surface area (Å²) < 4.78 is 5.81. The van der Waals surface area contributed by atoms with Crippen molar-refractivity contribution in [1.29, 1.82) is 0 Å². The van der Waals surface area contributed by atoms with Crippen LogP contribution in [0.3, 0.4) is 0 Å². The third-order valence-electron chi connectivity index (χ3n) is 1.65. The van der Waals surface area contributed by atoms with Crippen molar-refractivity contribution in [2.24, 2.45) is 5.18 Å². The second-order valence-corrected chi connectivity index (χ2v) is 3.51. The first-order valence-corrected chi connectivity index (χ1v) is 4.89. The smallest absolute Gasteiger partial charge is 0.249 e. The molecular formula is C9H9BrN2O3. The van der Waals surface area contributed by atoms with E-state index in [4.69, 9.17) is 4.74 Å². The molecule has 0 spiro atoms. The molecule has 0 aliphatic heterocycles. The van der Waals surface area contributed by atoms with Crippen molar-refractivity contribution in [3.05, 3.63) is 27.6 Å². The van der Waals surface area contributed by atoms with Gasteiger partial charge in [-0.25, -0.2) is 0 Å². The van der Waals surface area contributed by atoms with Gasteiger partial charge in [0.25, 0.3) is 0 Å². The lowest BCUT2D eigenvalue weighted by Crippen LogP contribution is -2.15. The maximum atomic E-state index is 11.1.